The zero-order valence-corrected chi connectivity index (χ0v) is 18.4. The van der Waals surface area contributed by atoms with Crippen LogP contribution in [0.1, 0.15) is 21.6 Å². The van der Waals surface area contributed by atoms with E-state index < -0.39 is 5.97 Å². The van der Waals surface area contributed by atoms with Crippen molar-refractivity contribution < 1.29 is 19.0 Å². The van der Waals surface area contributed by atoms with Gasteiger partial charge in [0.15, 0.2) is 0 Å². The van der Waals surface area contributed by atoms with Gasteiger partial charge in [0.2, 0.25) is 5.90 Å². The molecule has 0 aliphatic rings. The molecule has 0 radical (unpaired) electrons. The van der Waals surface area contributed by atoms with Crippen LogP contribution in [0.3, 0.4) is 0 Å². The summed E-state index contributed by atoms with van der Waals surface area (Å²) >= 11 is 0. The van der Waals surface area contributed by atoms with E-state index in [1.165, 1.54) is 4.79 Å². The fourth-order valence-electron chi connectivity index (χ4n) is 3.11. The standard InChI is InChI=1S/C25H22N4O4/c1-17-23(18-7-5-4-6-8-18)26-28-29(17)27-24(19-9-13-21(31-2)14-10-19)33-25(30)20-11-15-22(32-3)16-12-20/h4-16H,1-3H3/b27-24+. The molecule has 1 aromatic heterocycles. The second kappa shape index (κ2) is 9.78. The Morgan fingerprint density at radius 1 is 0.818 bits per heavy atom. The highest BCUT2D eigenvalue weighted by atomic mass is 16.5. The smallest absolute Gasteiger partial charge is 0.344 e. The van der Waals surface area contributed by atoms with E-state index in [4.69, 9.17) is 14.2 Å². The SMILES string of the molecule is COc1ccc(C(=O)O/C(=N/n2nnc(-c3ccccc3)c2C)c2ccc(OC)cc2)cc1. The van der Waals surface area contributed by atoms with Crippen molar-refractivity contribution in [2.75, 3.05) is 14.2 Å². The lowest BCUT2D eigenvalue weighted by Gasteiger charge is -2.09. The van der Waals surface area contributed by atoms with Gasteiger partial charge in [-0.25, -0.2) is 4.79 Å². The zero-order valence-electron chi connectivity index (χ0n) is 18.4. The average molecular weight is 442 g/mol. The van der Waals surface area contributed by atoms with Gasteiger partial charge in [-0.05, 0) is 60.7 Å². The topological polar surface area (TPSA) is 87.8 Å². The average Bonchev–Trinajstić information content (AvgIpc) is 3.24. The summed E-state index contributed by atoms with van der Waals surface area (Å²) in [6, 6.07) is 23.3. The van der Waals surface area contributed by atoms with Crippen molar-refractivity contribution in [2.24, 2.45) is 5.10 Å². The van der Waals surface area contributed by atoms with Gasteiger partial charge in [0, 0.05) is 11.1 Å². The molecule has 8 heteroatoms. The lowest BCUT2D eigenvalue weighted by Crippen LogP contribution is -2.16. The predicted molar refractivity (Wildman–Crippen MR) is 124 cm³/mol. The van der Waals surface area contributed by atoms with E-state index in [1.807, 2.05) is 37.3 Å². The molecule has 0 fully saturated rings. The van der Waals surface area contributed by atoms with Crippen LogP contribution in [0.4, 0.5) is 0 Å². The third-order valence-corrected chi connectivity index (χ3v) is 4.96. The number of rotatable bonds is 6. The van der Waals surface area contributed by atoms with Crippen LogP contribution in [-0.4, -0.2) is 41.2 Å². The quantitative estimate of drug-likeness (QED) is 0.251. The number of hydrogen-bond acceptors (Lipinski definition) is 7. The molecule has 0 spiro atoms. The minimum absolute atomic E-state index is 0.0751. The number of aromatic nitrogens is 3. The first-order chi connectivity index (χ1) is 16.1. The Morgan fingerprint density at radius 3 is 1.97 bits per heavy atom. The molecular formula is C25H22N4O4. The van der Waals surface area contributed by atoms with Crippen LogP contribution in [0.25, 0.3) is 11.3 Å². The summed E-state index contributed by atoms with van der Waals surface area (Å²) in [7, 11) is 3.14. The molecule has 4 aromatic rings. The molecule has 0 saturated heterocycles. The van der Waals surface area contributed by atoms with Gasteiger partial charge in [-0.3, -0.25) is 0 Å². The number of carbonyl (C=O) groups excluding carboxylic acids is 1. The number of ether oxygens (including phenoxy) is 3. The number of carbonyl (C=O) groups is 1. The number of hydrogen-bond donors (Lipinski definition) is 0. The van der Waals surface area contributed by atoms with Crippen molar-refractivity contribution >= 4 is 11.9 Å². The van der Waals surface area contributed by atoms with Crippen LogP contribution in [-0.2, 0) is 4.74 Å². The van der Waals surface area contributed by atoms with Gasteiger partial charge in [0.25, 0.3) is 0 Å². The lowest BCUT2D eigenvalue weighted by atomic mass is 10.1. The van der Waals surface area contributed by atoms with Crippen molar-refractivity contribution in [3.8, 4) is 22.8 Å². The molecular weight excluding hydrogens is 420 g/mol. The maximum absolute atomic E-state index is 12.8. The van der Waals surface area contributed by atoms with Crippen LogP contribution in [0.2, 0.25) is 0 Å². The summed E-state index contributed by atoms with van der Waals surface area (Å²) < 4.78 is 16.1. The summed E-state index contributed by atoms with van der Waals surface area (Å²) in [5.74, 6) is 0.824. The molecule has 0 unspecified atom stereocenters. The van der Waals surface area contributed by atoms with Gasteiger partial charge in [-0.2, -0.15) is 0 Å². The van der Waals surface area contributed by atoms with E-state index in [9.17, 15) is 4.79 Å². The maximum Gasteiger partial charge on any atom is 0.344 e. The highest BCUT2D eigenvalue weighted by Gasteiger charge is 2.17. The first-order valence-electron chi connectivity index (χ1n) is 10.2. The Morgan fingerprint density at radius 2 is 1.39 bits per heavy atom. The first kappa shape index (κ1) is 21.8. The van der Waals surface area contributed by atoms with Crippen LogP contribution in [0, 0.1) is 6.92 Å². The van der Waals surface area contributed by atoms with Gasteiger partial charge in [-0.15, -0.1) is 15.0 Å². The molecule has 0 N–H and O–H groups in total. The zero-order chi connectivity index (χ0) is 23.2. The highest BCUT2D eigenvalue weighted by Crippen LogP contribution is 2.21. The largest absolute Gasteiger partial charge is 0.497 e. The molecule has 0 aliphatic heterocycles. The summed E-state index contributed by atoms with van der Waals surface area (Å²) in [5, 5.41) is 12.9. The van der Waals surface area contributed by atoms with E-state index in [1.54, 1.807) is 62.8 Å². The van der Waals surface area contributed by atoms with Gasteiger partial charge in [-0.1, -0.05) is 30.3 Å². The van der Waals surface area contributed by atoms with Gasteiger partial charge >= 0.3 is 5.97 Å². The minimum atomic E-state index is -0.562. The Kier molecular flexibility index (Phi) is 6.45. The molecule has 4 rings (SSSR count). The predicted octanol–water partition coefficient (Wildman–Crippen LogP) is 4.34. The summed E-state index contributed by atoms with van der Waals surface area (Å²) in [6.07, 6.45) is 0. The molecule has 0 saturated carbocycles. The normalized spacial score (nSPS) is 11.2. The van der Waals surface area contributed by atoms with E-state index in [0.29, 0.717) is 34.0 Å². The third-order valence-electron chi connectivity index (χ3n) is 4.96. The fourth-order valence-corrected chi connectivity index (χ4v) is 3.11. The van der Waals surface area contributed by atoms with Crippen molar-refractivity contribution in [2.45, 2.75) is 6.92 Å². The first-order valence-corrected chi connectivity index (χ1v) is 10.2. The van der Waals surface area contributed by atoms with Crippen LogP contribution in [0.5, 0.6) is 11.5 Å². The molecule has 0 aliphatic carbocycles. The number of nitrogens with zero attached hydrogens (tertiary/aromatic N) is 4. The molecule has 1 heterocycles. The number of methoxy groups -OCH3 is 2. The summed E-state index contributed by atoms with van der Waals surface area (Å²) in [6.45, 7) is 1.85. The maximum atomic E-state index is 12.8. The number of benzene rings is 3. The van der Waals surface area contributed by atoms with Crippen molar-refractivity contribution in [1.82, 2.24) is 15.1 Å². The van der Waals surface area contributed by atoms with Crippen LogP contribution < -0.4 is 9.47 Å². The second-order valence-corrected chi connectivity index (χ2v) is 7.03. The molecule has 3 aromatic carbocycles. The van der Waals surface area contributed by atoms with Crippen molar-refractivity contribution in [3.05, 3.63) is 95.7 Å². The van der Waals surface area contributed by atoms with Crippen molar-refractivity contribution in [1.29, 1.82) is 0 Å². The Hall–Kier alpha value is -4.46. The van der Waals surface area contributed by atoms with Crippen LogP contribution >= 0.6 is 0 Å². The summed E-state index contributed by atoms with van der Waals surface area (Å²) in [4.78, 5) is 14.2. The highest BCUT2D eigenvalue weighted by molar-refractivity contribution is 6.05. The van der Waals surface area contributed by atoms with Gasteiger partial charge in [0.1, 0.15) is 17.2 Å². The molecule has 0 atom stereocenters. The molecule has 0 bridgehead atoms. The Labute approximate surface area is 191 Å². The van der Waals surface area contributed by atoms with E-state index >= 15 is 0 Å². The monoisotopic (exact) mass is 442 g/mol. The Balaban J connectivity index is 1.70. The van der Waals surface area contributed by atoms with Crippen LogP contribution in [0.15, 0.2) is 84.0 Å². The minimum Gasteiger partial charge on any atom is -0.497 e. The van der Waals surface area contributed by atoms with Gasteiger partial charge in [0.05, 0.1) is 25.5 Å². The molecule has 166 valence electrons. The summed E-state index contributed by atoms with van der Waals surface area (Å²) in [5.41, 5.74) is 3.24. The Bertz CT molecular complexity index is 1260. The van der Waals surface area contributed by atoms with E-state index in [-0.39, 0.29) is 5.90 Å². The third kappa shape index (κ3) is 4.90. The number of esters is 1. The lowest BCUT2D eigenvalue weighted by molar-refractivity contribution is 0.0716. The molecule has 0 amide bonds. The molecule has 33 heavy (non-hydrogen) atoms. The fraction of sp³-hybridized carbons (Fsp3) is 0.120. The second-order valence-electron chi connectivity index (χ2n) is 7.03. The van der Waals surface area contributed by atoms with E-state index in [2.05, 4.69) is 15.4 Å². The molecule has 8 nitrogen and oxygen atoms in total. The van der Waals surface area contributed by atoms with Crippen molar-refractivity contribution in [3.63, 3.8) is 0 Å². The van der Waals surface area contributed by atoms with E-state index in [0.717, 1.165) is 5.56 Å². The van der Waals surface area contributed by atoms with Gasteiger partial charge < -0.3 is 14.2 Å².